The molecule has 1 saturated heterocycles. The van der Waals surface area contributed by atoms with Crippen molar-refractivity contribution >= 4 is 11.7 Å². The number of carboxylic acid groups (broad SMARTS) is 1. The molecule has 1 aromatic rings. The van der Waals surface area contributed by atoms with E-state index in [0.717, 1.165) is 31.9 Å². The lowest BCUT2D eigenvalue weighted by Crippen LogP contribution is -2.48. The molecule has 5 heteroatoms. The largest absolute Gasteiger partial charge is 0.480 e. The number of piperazine rings is 1. The molecule has 0 atom stereocenters. The Balaban J connectivity index is 1.93. The van der Waals surface area contributed by atoms with E-state index in [1.54, 1.807) is 0 Å². The Morgan fingerprint density at radius 1 is 1.41 bits per heavy atom. The van der Waals surface area contributed by atoms with Crippen LogP contribution in [0, 0.1) is 6.92 Å². The summed E-state index contributed by atoms with van der Waals surface area (Å²) in [5, 5.41) is 8.72. The smallest absolute Gasteiger partial charge is 0.317 e. The Morgan fingerprint density at radius 3 is 2.71 bits per heavy atom. The van der Waals surface area contributed by atoms with Gasteiger partial charge in [0.15, 0.2) is 0 Å². The van der Waals surface area contributed by atoms with Crippen LogP contribution >= 0.6 is 0 Å². The van der Waals surface area contributed by atoms with Crippen molar-refractivity contribution in [1.29, 1.82) is 0 Å². The molecule has 1 aliphatic rings. The quantitative estimate of drug-likeness (QED) is 0.831. The first-order valence-electron chi connectivity index (χ1n) is 5.77. The first-order valence-corrected chi connectivity index (χ1v) is 5.77. The maximum absolute atomic E-state index is 10.6. The van der Waals surface area contributed by atoms with Gasteiger partial charge in [-0.1, -0.05) is 0 Å². The minimum absolute atomic E-state index is 0.142. The van der Waals surface area contributed by atoms with E-state index < -0.39 is 5.97 Å². The fourth-order valence-corrected chi connectivity index (χ4v) is 2.08. The van der Waals surface area contributed by atoms with Gasteiger partial charge in [0.25, 0.3) is 0 Å². The van der Waals surface area contributed by atoms with E-state index in [-0.39, 0.29) is 6.54 Å². The van der Waals surface area contributed by atoms with Crippen LogP contribution in [-0.2, 0) is 4.79 Å². The SMILES string of the molecule is Cc1cc(N2CCN(CC(=O)O)CC2)ccn1. The van der Waals surface area contributed by atoms with E-state index in [1.165, 1.54) is 5.69 Å². The number of carbonyl (C=O) groups is 1. The third kappa shape index (κ3) is 3.17. The van der Waals surface area contributed by atoms with Gasteiger partial charge in [-0.05, 0) is 19.1 Å². The third-order valence-electron chi connectivity index (χ3n) is 2.98. The molecule has 1 N–H and O–H groups in total. The second-order valence-corrected chi connectivity index (χ2v) is 4.31. The van der Waals surface area contributed by atoms with Gasteiger partial charge in [0, 0.05) is 43.8 Å². The highest BCUT2D eigenvalue weighted by Gasteiger charge is 2.18. The average Bonchev–Trinajstić information content (AvgIpc) is 2.29. The first-order chi connectivity index (χ1) is 8.15. The summed E-state index contributed by atoms with van der Waals surface area (Å²) >= 11 is 0. The number of pyridine rings is 1. The molecule has 5 nitrogen and oxygen atoms in total. The lowest BCUT2D eigenvalue weighted by atomic mass is 10.2. The second-order valence-electron chi connectivity index (χ2n) is 4.31. The predicted molar refractivity (Wildman–Crippen MR) is 65.3 cm³/mol. The maximum Gasteiger partial charge on any atom is 0.317 e. The van der Waals surface area contributed by atoms with E-state index in [0.29, 0.717) is 0 Å². The van der Waals surface area contributed by atoms with Crippen molar-refractivity contribution < 1.29 is 9.90 Å². The molecular formula is C12H17N3O2. The zero-order valence-corrected chi connectivity index (χ0v) is 9.96. The van der Waals surface area contributed by atoms with E-state index in [2.05, 4.69) is 16.0 Å². The standard InChI is InChI=1S/C12H17N3O2/c1-10-8-11(2-3-13-10)15-6-4-14(5-7-15)9-12(16)17/h2-3,8H,4-7,9H2,1H3,(H,16,17). The van der Waals surface area contributed by atoms with Crippen LogP contribution in [0.3, 0.4) is 0 Å². The van der Waals surface area contributed by atoms with Gasteiger partial charge in [-0.25, -0.2) is 0 Å². The number of rotatable bonds is 3. The highest BCUT2D eigenvalue weighted by Crippen LogP contribution is 2.16. The molecule has 1 fully saturated rings. The topological polar surface area (TPSA) is 56.7 Å². The molecule has 0 amide bonds. The van der Waals surface area contributed by atoms with Crippen LogP contribution in [-0.4, -0.2) is 53.7 Å². The van der Waals surface area contributed by atoms with Crippen molar-refractivity contribution in [1.82, 2.24) is 9.88 Å². The number of aromatic nitrogens is 1. The number of nitrogens with zero attached hydrogens (tertiary/aromatic N) is 3. The molecule has 0 aliphatic carbocycles. The van der Waals surface area contributed by atoms with Crippen LogP contribution in [0.1, 0.15) is 5.69 Å². The Kier molecular flexibility index (Phi) is 3.58. The van der Waals surface area contributed by atoms with Crippen molar-refractivity contribution in [2.45, 2.75) is 6.92 Å². The number of hydrogen-bond acceptors (Lipinski definition) is 4. The van der Waals surface area contributed by atoms with Crippen LogP contribution in [0.5, 0.6) is 0 Å². The van der Waals surface area contributed by atoms with Gasteiger partial charge in [-0.3, -0.25) is 14.7 Å². The molecule has 1 aliphatic heterocycles. The monoisotopic (exact) mass is 235 g/mol. The number of carboxylic acids is 1. The number of anilines is 1. The third-order valence-corrected chi connectivity index (χ3v) is 2.98. The van der Waals surface area contributed by atoms with Crippen molar-refractivity contribution in [3.63, 3.8) is 0 Å². The van der Waals surface area contributed by atoms with Gasteiger partial charge in [-0.15, -0.1) is 0 Å². The normalized spacial score (nSPS) is 17.1. The molecular weight excluding hydrogens is 218 g/mol. The molecule has 17 heavy (non-hydrogen) atoms. The summed E-state index contributed by atoms with van der Waals surface area (Å²) in [6, 6.07) is 4.06. The van der Waals surface area contributed by atoms with Crippen molar-refractivity contribution in [2.24, 2.45) is 0 Å². The molecule has 2 rings (SSSR count). The van der Waals surface area contributed by atoms with Gasteiger partial charge in [0.2, 0.25) is 0 Å². The predicted octanol–water partition coefficient (Wildman–Crippen LogP) is 0.597. The summed E-state index contributed by atoms with van der Waals surface area (Å²) in [7, 11) is 0. The molecule has 1 aromatic heterocycles. The van der Waals surface area contributed by atoms with E-state index in [4.69, 9.17) is 5.11 Å². The fraction of sp³-hybridized carbons (Fsp3) is 0.500. The van der Waals surface area contributed by atoms with Gasteiger partial charge >= 0.3 is 5.97 Å². The summed E-state index contributed by atoms with van der Waals surface area (Å²) in [4.78, 5) is 19.0. The lowest BCUT2D eigenvalue weighted by molar-refractivity contribution is -0.138. The molecule has 92 valence electrons. The highest BCUT2D eigenvalue weighted by molar-refractivity contribution is 5.69. The number of hydrogen-bond donors (Lipinski definition) is 1. The Labute approximate surface area is 101 Å². The van der Waals surface area contributed by atoms with Crippen molar-refractivity contribution in [2.75, 3.05) is 37.6 Å². The Bertz CT molecular complexity index is 400. The van der Waals surface area contributed by atoms with Crippen LogP contribution in [0.2, 0.25) is 0 Å². The molecule has 0 saturated carbocycles. The van der Waals surface area contributed by atoms with Crippen LogP contribution < -0.4 is 4.90 Å². The number of aryl methyl sites for hydroxylation is 1. The molecule has 0 radical (unpaired) electrons. The lowest BCUT2D eigenvalue weighted by Gasteiger charge is -2.35. The van der Waals surface area contributed by atoms with Gasteiger partial charge in [0.1, 0.15) is 0 Å². The fourth-order valence-electron chi connectivity index (χ4n) is 2.08. The molecule has 0 bridgehead atoms. The Morgan fingerprint density at radius 2 is 2.12 bits per heavy atom. The van der Waals surface area contributed by atoms with Gasteiger partial charge in [0.05, 0.1) is 6.54 Å². The molecule has 0 aromatic carbocycles. The average molecular weight is 235 g/mol. The zero-order chi connectivity index (χ0) is 12.3. The van der Waals surface area contributed by atoms with Crippen LogP contribution in [0.25, 0.3) is 0 Å². The van der Waals surface area contributed by atoms with Crippen LogP contribution in [0.15, 0.2) is 18.3 Å². The van der Waals surface area contributed by atoms with Crippen LogP contribution in [0.4, 0.5) is 5.69 Å². The summed E-state index contributed by atoms with van der Waals surface area (Å²) in [5.41, 5.74) is 2.18. The highest BCUT2D eigenvalue weighted by atomic mass is 16.4. The van der Waals surface area contributed by atoms with Gasteiger partial charge < -0.3 is 10.0 Å². The van der Waals surface area contributed by atoms with E-state index in [1.807, 2.05) is 24.1 Å². The molecule has 2 heterocycles. The van der Waals surface area contributed by atoms with E-state index >= 15 is 0 Å². The Hall–Kier alpha value is -1.62. The second kappa shape index (κ2) is 5.14. The van der Waals surface area contributed by atoms with Crippen molar-refractivity contribution in [3.8, 4) is 0 Å². The zero-order valence-electron chi connectivity index (χ0n) is 9.96. The molecule has 0 unspecified atom stereocenters. The maximum atomic E-state index is 10.6. The minimum atomic E-state index is -0.752. The molecule has 0 spiro atoms. The summed E-state index contributed by atoms with van der Waals surface area (Å²) in [6.07, 6.45) is 1.81. The summed E-state index contributed by atoms with van der Waals surface area (Å²) in [6.45, 7) is 5.46. The van der Waals surface area contributed by atoms with Gasteiger partial charge in [-0.2, -0.15) is 0 Å². The number of aliphatic carboxylic acids is 1. The summed E-state index contributed by atoms with van der Waals surface area (Å²) in [5.74, 6) is -0.752. The first kappa shape index (κ1) is 11.9. The van der Waals surface area contributed by atoms with Crippen molar-refractivity contribution in [3.05, 3.63) is 24.0 Å². The van der Waals surface area contributed by atoms with E-state index in [9.17, 15) is 4.79 Å². The minimum Gasteiger partial charge on any atom is -0.480 e. The summed E-state index contributed by atoms with van der Waals surface area (Å²) < 4.78 is 0.